The van der Waals surface area contributed by atoms with Crippen LogP contribution in [-0.2, 0) is 9.59 Å². The predicted octanol–water partition coefficient (Wildman–Crippen LogP) is -0.388. The number of nitrogens with one attached hydrogen (secondary N) is 2. The summed E-state index contributed by atoms with van der Waals surface area (Å²) in [5, 5.41) is 5.16. The monoisotopic (exact) mass is 215 g/mol. The van der Waals surface area contributed by atoms with Crippen LogP contribution in [0.5, 0.6) is 0 Å². The first kappa shape index (κ1) is 13.9. The summed E-state index contributed by atoms with van der Waals surface area (Å²) in [6.07, 6.45) is 0.880. The van der Waals surface area contributed by atoms with E-state index in [2.05, 4.69) is 10.6 Å². The van der Waals surface area contributed by atoms with Crippen LogP contribution in [0.15, 0.2) is 0 Å². The van der Waals surface area contributed by atoms with Crippen LogP contribution in [0, 0.1) is 5.92 Å². The van der Waals surface area contributed by atoms with Gasteiger partial charge < -0.3 is 16.4 Å². The highest BCUT2D eigenvalue weighted by molar-refractivity contribution is 5.87. The zero-order valence-electron chi connectivity index (χ0n) is 9.67. The Morgan fingerprint density at radius 2 is 1.87 bits per heavy atom. The maximum absolute atomic E-state index is 11.3. The fourth-order valence-corrected chi connectivity index (χ4v) is 0.915. The second-order valence-electron chi connectivity index (χ2n) is 3.84. The summed E-state index contributed by atoms with van der Waals surface area (Å²) in [5.41, 5.74) is 5.60. The maximum Gasteiger partial charge on any atom is 0.239 e. The van der Waals surface area contributed by atoms with Crippen molar-refractivity contribution in [2.24, 2.45) is 11.7 Å². The Morgan fingerprint density at radius 1 is 1.27 bits per heavy atom. The van der Waals surface area contributed by atoms with Gasteiger partial charge in [0.25, 0.3) is 0 Å². The predicted molar refractivity (Wildman–Crippen MR) is 59.1 cm³/mol. The van der Waals surface area contributed by atoms with Gasteiger partial charge in [0.15, 0.2) is 0 Å². The van der Waals surface area contributed by atoms with Gasteiger partial charge in [-0.25, -0.2) is 0 Å². The van der Waals surface area contributed by atoms with E-state index >= 15 is 0 Å². The van der Waals surface area contributed by atoms with Crippen LogP contribution in [0.4, 0.5) is 0 Å². The Labute approximate surface area is 90.8 Å². The Hall–Kier alpha value is -1.10. The van der Waals surface area contributed by atoms with E-state index < -0.39 is 6.04 Å². The summed E-state index contributed by atoms with van der Waals surface area (Å²) < 4.78 is 0. The van der Waals surface area contributed by atoms with Crippen molar-refractivity contribution in [3.63, 3.8) is 0 Å². The van der Waals surface area contributed by atoms with Crippen LogP contribution in [0.3, 0.4) is 0 Å². The lowest BCUT2D eigenvalue weighted by Gasteiger charge is -2.14. The van der Waals surface area contributed by atoms with Gasteiger partial charge in [0, 0.05) is 6.54 Å². The molecule has 2 amide bonds. The van der Waals surface area contributed by atoms with Crippen LogP contribution >= 0.6 is 0 Å². The third kappa shape index (κ3) is 6.06. The Bertz CT molecular complexity index is 217. The molecule has 0 radical (unpaired) electrons. The summed E-state index contributed by atoms with van der Waals surface area (Å²) in [4.78, 5) is 22.5. The maximum atomic E-state index is 11.3. The molecule has 0 heterocycles. The minimum absolute atomic E-state index is 0.000741. The Balaban J connectivity index is 3.75. The van der Waals surface area contributed by atoms with E-state index in [0.29, 0.717) is 6.54 Å². The standard InChI is InChI=1S/C10H21N3O2/c1-4-5-12-8(14)6-13-10(15)9(11)7(2)3/h7,9H,4-6,11H2,1-3H3,(H,12,14)(H,13,15)/t9-/m1/s1. The van der Waals surface area contributed by atoms with E-state index in [-0.39, 0.29) is 24.3 Å². The molecular formula is C10H21N3O2. The first-order valence-corrected chi connectivity index (χ1v) is 5.29. The first-order valence-electron chi connectivity index (χ1n) is 5.29. The zero-order chi connectivity index (χ0) is 11.8. The van der Waals surface area contributed by atoms with Gasteiger partial charge in [0.1, 0.15) is 0 Å². The molecule has 5 nitrogen and oxygen atoms in total. The SMILES string of the molecule is CCCNC(=O)CNC(=O)[C@H](N)C(C)C. The minimum atomic E-state index is -0.552. The smallest absolute Gasteiger partial charge is 0.239 e. The van der Waals surface area contributed by atoms with Crippen molar-refractivity contribution in [1.29, 1.82) is 0 Å². The van der Waals surface area contributed by atoms with Crippen LogP contribution in [0.1, 0.15) is 27.2 Å². The molecule has 0 aromatic rings. The summed E-state index contributed by atoms with van der Waals surface area (Å²) >= 11 is 0. The van der Waals surface area contributed by atoms with Crippen LogP contribution < -0.4 is 16.4 Å². The van der Waals surface area contributed by atoms with Crippen molar-refractivity contribution in [2.75, 3.05) is 13.1 Å². The van der Waals surface area contributed by atoms with E-state index in [0.717, 1.165) is 6.42 Å². The number of hydrogen-bond acceptors (Lipinski definition) is 3. The van der Waals surface area contributed by atoms with Crippen molar-refractivity contribution in [1.82, 2.24) is 10.6 Å². The molecule has 0 aliphatic heterocycles. The summed E-state index contributed by atoms with van der Waals surface area (Å²) in [6.45, 7) is 6.32. The average Bonchev–Trinajstić information content (AvgIpc) is 2.21. The second-order valence-corrected chi connectivity index (χ2v) is 3.84. The highest BCUT2D eigenvalue weighted by Crippen LogP contribution is 1.97. The van der Waals surface area contributed by atoms with Crippen molar-refractivity contribution in [3.05, 3.63) is 0 Å². The molecule has 0 bridgehead atoms. The molecule has 0 fully saturated rings. The van der Waals surface area contributed by atoms with Crippen molar-refractivity contribution in [2.45, 2.75) is 33.2 Å². The number of nitrogens with two attached hydrogens (primary N) is 1. The van der Waals surface area contributed by atoms with E-state index in [1.54, 1.807) is 0 Å². The highest BCUT2D eigenvalue weighted by atomic mass is 16.2. The van der Waals surface area contributed by atoms with Gasteiger partial charge in [-0.15, -0.1) is 0 Å². The van der Waals surface area contributed by atoms with Crippen molar-refractivity contribution < 1.29 is 9.59 Å². The lowest BCUT2D eigenvalue weighted by Crippen LogP contribution is -2.47. The quantitative estimate of drug-likeness (QED) is 0.564. The molecule has 0 aromatic carbocycles. The molecule has 0 saturated heterocycles. The van der Waals surface area contributed by atoms with Gasteiger partial charge in [0.2, 0.25) is 11.8 Å². The van der Waals surface area contributed by atoms with Gasteiger partial charge in [-0.3, -0.25) is 9.59 Å². The second kappa shape index (κ2) is 7.23. The van der Waals surface area contributed by atoms with Gasteiger partial charge in [-0.05, 0) is 12.3 Å². The average molecular weight is 215 g/mol. The lowest BCUT2D eigenvalue weighted by molar-refractivity contribution is -0.127. The highest BCUT2D eigenvalue weighted by Gasteiger charge is 2.17. The zero-order valence-corrected chi connectivity index (χ0v) is 9.67. The van der Waals surface area contributed by atoms with Crippen molar-refractivity contribution in [3.8, 4) is 0 Å². The molecule has 4 N–H and O–H groups in total. The number of rotatable bonds is 6. The molecule has 0 aliphatic carbocycles. The van der Waals surface area contributed by atoms with Gasteiger partial charge in [-0.2, -0.15) is 0 Å². The molecule has 5 heteroatoms. The van der Waals surface area contributed by atoms with E-state index in [1.165, 1.54) is 0 Å². The molecule has 0 unspecified atom stereocenters. The fraction of sp³-hybridized carbons (Fsp3) is 0.800. The molecule has 15 heavy (non-hydrogen) atoms. The largest absolute Gasteiger partial charge is 0.355 e. The van der Waals surface area contributed by atoms with Crippen LogP contribution in [-0.4, -0.2) is 30.9 Å². The summed E-state index contributed by atoms with van der Waals surface area (Å²) in [7, 11) is 0. The van der Waals surface area contributed by atoms with E-state index in [4.69, 9.17) is 5.73 Å². The summed E-state index contributed by atoms with van der Waals surface area (Å²) in [6, 6.07) is -0.552. The molecule has 0 spiro atoms. The number of carbonyl (C=O) groups excluding carboxylic acids is 2. The Kier molecular flexibility index (Phi) is 6.70. The van der Waals surface area contributed by atoms with Gasteiger partial charge in [0.05, 0.1) is 12.6 Å². The molecule has 0 saturated carbocycles. The van der Waals surface area contributed by atoms with Crippen molar-refractivity contribution >= 4 is 11.8 Å². The molecule has 0 aliphatic rings. The fourth-order valence-electron chi connectivity index (χ4n) is 0.915. The third-order valence-corrected chi connectivity index (χ3v) is 2.02. The molecule has 0 aromatic heterocycles. The molecule has 0 rings (SSSR count). The molecule has 88 valence electrons. The van der Waals surface area contributed by atoms with Crippen LogP contribution in [0.25, 0.3) is 0 Å². The van der Waals surface area contributed by atoms with E-state index in [9.17, 15) is 9.59 Å². The van der Waals surface area contributed by atoms with E-state index in [1.807, 2.05) is 20.8 Å². The van der Waals surface area contributed by atoms with Crippen LogP contribution in [0.2, 0.25) is 0 Å². The number of carbonyl (C=O) groups is 2. The number of amides is 2. The normalized spacial score (nSPS) is 12.3. The minimum Gasteiger partial charge on any atom is -0.355 e. The summed E-state index contributed by atoms with van der Waals surface area (Å²) in [5.74, 6) is -0.387. The first-order chi connectivity index (χ1) is 6.99. The van der Waals surface area contributed by atoms with Gasteiger partial charge in [-0.1, -0.05) is 20.8 Å². The lowest BCUT2D eigenvalue weighted by atomic mass is 10.1. The Morgan fingerprint density at radius 3 is 2.33 bits per heavy atom. The topological polar surface area (TPSA) is 84.2 Å². The number of hydrogen-bond donors (Lipinski definition) is 3. The van der Waals surface area contributed by atoms with Gasteiger partial charge >= 0.3 is 0 Å². The third-order valence-electron chi connectivity index (χ3n) is 2.02. The molecular weight excluding hydrogens is 194 g/mol. The molecule has 1 atom stereocenters.